The monoisotopic (exact) mass is 259 g/mol. The molecule has 0 aromatic heterocycles. The zero-order chi connectivity index (χ0) is 13.8. The number of benzene rings is 2. The maximum absolute atomic E-state index is 13.2. The smallest absolute Gasteiger partial charge is 0.125 e. The van der Waals surface area contributed by atoms with Gasteiger partial charge in [-0.25, -0.2) is 4.39 Å². The average Bonchev–Trinajstić information content (AvgIpc) is 2.38. The summed E-state index contributed by atoms with van der Waals surface area (Å²) < 4.78 is 18.5. The van der Waals surface area contributed by atoms with Crippen molar-refractivity contribution in [1.82, 2.24) is 0 Å². The summed E-state index contributed by atoms with van der Waals surface area (Å²) in [4.78, 5) is 0. The van der Waals surface area contributed by atoms with Crippen molar-refractivity contribution in [1.29, 1.82) is 0 Å². The number of anilines is 1. The van der Waals surface area contributed by atoms with E-state index in [1.807, 2.05) is 32.0 Å². The Morgan fingerprint density at radius 1 is 1.16 bits per heavy atom. The molecule has 0 bridgehead atoms. The van der Waals surface area contributed by atoms with Gasteiger partial charge < -0.3 is 10.1 Å². The van der Waals surface area contributed by atoms with E-state index in [4.69, 9.17) is 4.74 Å². The van der Waals surface area contributed by atoms with Crippen molar-refractivity contribution in [2.45, 2.75) is 19.9 Å². The minimum atomic E-state index is -0.242. The predicted molar refractivity (Wildman–Crippen MR) is 76.2 cm³/mol. The Balaban J connectivity index is 2.24. The van der Waals surface area contributed by atoms with Gasteiger partial charge in [-0.1, -0.05) is 23.8 Å². The van der Waals surface area contributed by atoms with Gasteiger partial charge in [0.05, 0.1) is 13.2 Å². The minimum Gasteiger partial charge on any atom is -0.496 e. The molecule has 0 aliphatic carbocycles. The third-order valence-corrected chi connectivity index (χ3v) is 3.06. The van der Waals surface area contributed by atoms with Gasteiger partial charge in [-0.05, 0) is 38.1 Å². The Morgan fingerprint density at radius 3 is 2.63 bits per heavy atom. The third kappa shape index (κ3) is 3.25. The highest BCUT2D eigenvalue weighted by Gasteiger charge is 2.11. The molecule has 1 N–H and O–H groups in total. The fraction of sp³-hybridized carbons (Fsp3) is 0.250. The fourth-order valence-electron chi connectivity index (χ4n) is 2.10. The number of methoxy groups -OCH3 is 1. The van der Waals surface area contributed by atoms with Crippen LogP contribution in [-0.2, 0) is 0 Å². The van der Waals surface area contributed by atoms with Gasteiger partial charge in [-0.15, -0.1) is 0 Å². The summed E-state index contributed by atoms with van der Waals surface area (Å²) in [5.41, 5.74) is 2.99. The summed E-state index contributed by atoms with van der Waals surface area (Å²) in [5, 5.41) is 3.28. The topological polar surface area (TPSA) is 21.3 Å². The Hall–Kier alpha value is -2.03. The van der Waals surface area contributed by atoms with Crippen molar-refractivity contribution < 1.29 is 9.13 Å². The van der Waals surface area contributed by atoms with E-state index in [1.165, 1.54) is 17.7 Å². The number of hydrogen-bond donors (Lipinski definition) is 1. The minimum absolute atomic E-state index is 0.0386. The molecule has 19 heavy (non-hydrogen) atoms. The standard InChI is InChI=1S/C16H18FNO/c1-11-7-8-16(19-3)15(9-11)12(2)18-14-6-4-5-13(17)10-14/h4-10,12,18H,1-3H3. The second-order valence-electron chi connectivity index (χ2n) is 4.62. The zero-order valence-electron chi connectivity index (χ0n) is 11.4. The molecular formula is C16H18FNO. The summed E-state index contributed by atoms with van der Waals surface area (Å²) >= 11 is 0. The van der Waals surface area contributed by atoms with Crippen LogP contribution >= 0.6 is 0 Å². The Labute approximate surface area is 113 Å². The van der Waals surface area contributed by atoms with Crippen LogP contribution in [0, 0.1) is 12.7 Å². The Bertz CT molecular complexity index is 568. The molecule has 1 unspecified atom stereocenters. The van der Waals surface area contributed by atoms with Gasteiger partial charge in [-0.3, -0.25) is 0 Å². The van der Waals surface area contributed by atoms with E-state index in [1.54, 1.807) is 13.2 Å². The number of halogens is 1. The molecule has 0 aliphatic heterocycles. The lowest BCUT2D eigenvalue weighted by Crippen LogP contribution is -2.08. The zero-order valence-corrected chi connectivity index (χ0v) is 11.4. The summed E-state index contributed by atoms with van der Waals surface area (Å²) in [6.07, 6.45) is 0. The van der Waals surface area contributed by atoms with Crippen molar-refractivity contribution >= 4 is 5.69 Å². The van der Waals surface area contributed by atoms with Crippen molar-refractivity contribution in [3.8, 4) is 5.75 Å². The van der Waals surface area contributed by atoms with Gasteiger partial charge in [0.15, 0.2) is 0 Å². The van der Waals surface area contributed by atoms with Crippen LogP contribution in [-0.4, -0.2) is 7.11 Å². The lowest BCUT2D eigenvalue weighted by Gasteiger charge is -2.19. The molecule has 2 aromatic carbocycles. The van der Waals surface area contributed by atoms with E-state index < -0.39 is 0 Å². The van der Waals surface area contributed by atoms with E-state index in [0.717, 1.165) is 17.0 Å². The molecule has 100 valence electrons. The Morgan fingerprint density at radius 2 is 1.95 bits per heavy atom. The second-order valence-corrected chi connectivity index (χ2v) is 4.62. The van der Waals surface area contributed by atoms with E-state index in [9.17, 15) is 4.39 Å². The maximum Gasteiger partial charge on any atom is 0.125 e. The van der Waals surface area contributed by atoms with E-state index in [2.05, 4.69) is 11.4 Å². The van der Waals surface area contributed by atoms with Gasteiger partial charge in [0, 0.05) is 11.3 Å². The second kappa shape index (κ2) is 5.74. The molecule has 0 spiro atoms. The van der Waals surface area contributed by atoms with Gasteiger partial charge >= 0.3 is 0 Å². The van der Waals surface area contributed by atoms with Gasteiger partial charge in [0.2, 0.25) is 0 Å². The highest BCUT2D eigenvalue weighted by atomic mass is 19.1. The number of hydrogen-bond acceptors (Lipinski definition) is 2. The summed E-state index contributed by atoms with van der Waals surface area (Å²) in [6.45, 7) is 4.07. The molecule has 0 heterocycles. The predicted octanol–water partition coefficient (Wildman–Crippen LogP) is 4.32. The van der Waals surface area contributed by atoms with Crippen LogP contribution in [0.5, 0.6) is 5.75 Å². The molecule has 2 rings (SSSR count). The largest absolute Gasteiger partial charge is 0.496 e. The van der Waals surface area contributed by atoms with Crippen LogP contribution in [0.3, 0.4) is 0 Å². The number of aryl methyl sites for hydroxylation is 1. The molecule has 0 saturated carbocycles. The van der Waals surface area contributed by atoms with Crippen molar-refractivity contribution in [3.05, 3.63) is 59.4 Å². The molecule has 0 amide bonds. The van der Waals surface area contributed by atoms with Crippen LogP contribution in [0.2, 0.25) is 0 Å². The highest BCUT2D eigenvalue weighted by molar-refractivity contribution is 5.48. The number of rotatable bonds is 4. The molecule has 2 nitrogen and oxygen atoms in total. The number of ether oxygens (including phenoxy) is 1. The Kier molecular flexibility index (Phi) is 4.05. The van der Waals surface area contributed by atoms with Crippen molar-refractivity contribution in [3.63, 3.8) is 0 Å². The first-order chi connectivity index (χ1) is 9.10. The molecule has 3 heteroatoms. The van der Waals surface area contributed by atoms with Gasteiger partial charge in [-0.2, -0.15) is 0 Å². The first-order valence-electron chi connectivity index (χ1n) is 6.27. The molecule has 0 saturated heterocycles. The van der Waals surface area contributed by atoms with E-state index in [0.29, 0.717) is 0 Å². The lowest BCUT2D eigenvalue weighted by atomic mass is 10.0. The molecule has 1 atom stereocenters. The van der Waals surface area contributed by atoms with E-state index >= 15 is 0 Å². The normalized spacial score (nSPS) is 12.0. The van der Waals surface area contributed by atoms with Crippen LogP contribution in [0.4, 0.5) is 10.1 Å². The summed E-state index contributed by atoms with van der Waals surface area (Å²) in [7, 11) is 1.66. The average molecular weight is 259 g/mol. The fourth-order valence-corrected chi connectivity index (χ4v) is 2.10. The van der Waals surface area contributed by atoms with Crippen molar-refractivity contribution in [2.24, 2.45) is 0 Å². The molecule has 0 aliphatic rings. The van der Waals surface area contributed by atoms with Crippen LogP contribution in [0.25, 0.3) is 0 Å². The molecule has 0 fully saturated rings. The maximum atomic E-state index is 13.2. The molecule has 0 radical (unpaired) electrons. The van der Waals surface area contributed by atoms with Crippen LogP contribution in [0.1, 0.15) is 24.1 Å². The van der Waals surface area contributed by atoms with Gasteiger partial charge in [0.1, 0.15) is 11.6 Å². The quantitative estimate of drug-likeness (QED) is 0.883. The lowest BCUT2D eigenvalue weighted by molar-refractivity contribution is 0.408. The first-order valence-corrected chi connectivity index (χ1v) is 6.27. The van der Waals surface area contributed by atoms with Gasteiger partial charge in [0.25, 0.3) is 0 Å². The van der Waals surface area contributed by atoms with E-state index in [-0.39, 0.29) is 11.9 Å². The number of nitrogens with one attached hydrogen (secondary N) is 1. The molecule has 2 aromatic rings. The summed E-state index contributed by atoms with van der Waals surface area (Å²) in [5.74, 6) is 0.593. The van der Waals surface area contributed by atoms with Crippen LogP contribution < -0.4 is 10.1 Å². The first kappa shape index (κ1) is 13.4. The highest BCUT2D eigenvalue weighted by Crippen LogP contribution is 2.28. The third-order valence-electron chi connectivity index (χ3n) is 3.06. The molecular weight excluding hydrogens is 241 g/mol. The summed E-state index contributed by atoms with van der Waals surface area (Å²) in [6, 6.07) is 12.5. The van der Waals surface area contributed by atoms with Crippen molar-refractivity contribution in [2.75, 3.05) is 12.4 Å². The SMILES string of the molecule is COc1ccc(C)cc1C(C)Nc1cccc(F)c1. The van der Waals surface area contributed by atoms with Crippen LogP contribution in [0.15, 0.2) is 42.5 Å².